The molecule has 1 aromatic carbocycles. The van der Waals surface area contributed by atoms with Crippen LogP contribution in [-0.2, 0) is 13.0 Å². The van der Waals surface area contributed by atoms with Crippen molar-refractivity contribution in [3.8, 4) is 0 Å². The second-order valence-electron chi connectivity index (χ2n) is 6.30. The number of aromatic nitrogens is 1. The maximum Gasteiger partial charge on any atom is 0.301 e. The molecular weight excluding hydrogens is 262 g/mol. The summed E-state index contributed by atoms with van der Waals surface area (Å²) in [5, 5.41) is 3.40. The van der Waals surface area contributed by atoms with Crippen LogP contribution in [-0.4, -0.2) is 17.6 Å². The fourth-order valence-corrected chi connectivity index (χ4v) is 1.95. The Bertz CT molecular complexity index is 566. The van der Waals surface area contributed by atoms with Crippen LogP contribution in [0.4, 0.5) is 11.7 Å². The minimum absolute atomic E-state index is 0.0704. The van der Waals surface area contributed by atoms with Crippen molar-refractivity contribution in [2.45, 2.75) is 46.2 Å². The van der Waals surface area contributed by atoms with Gasteiger partial charge < -0.3 is 9.73 Å². The first-order chi connectivity index (χ1) is 9.89. The normalized spacial score (nSPS) is 11.7. The van der Waals surface area contributed by atoms with E-state index in [1.807, 2.05) is 11.9 Å². The predicted octanol–water partition coefficient (Wildman–Crippen LogP) is 3.89. The molecule has 2 rings (SSSR count). The van der Waals surface area contributed by atoms with Crippen molar-refractivity contribution in [3.05, 3.63) is 41.8 Å². The van der Waals surface area contributed by atoms with Crippen LogP contribution in [0, 0.1) is 0 Å². The van der Waals surface area contributed by atoms with Crippen LogP contribution in [0.3, 0.4) is 0 Å². The molecule has 0 radical (unpaired) electrons. The molecule has 1 N–H and O–H groups in total. The molecule has 0 aliphatic carbocycles. The molecule has 0 fully saturated rings. The quantitative estimate of drug-likeness (QED) is 0.905. The van der Waals surface area contributed by atoms with E-state index in [1.54, 1.807) is 6.26 Å². The van der Waals surface area contributed by atoms with Crippen molar-refractivity contribution in [3.63, 3.8) is 0 Å². The molecule has 1 heterocycles. The Morgan fingerprint density at radius 3 is 2.43 bits per heavy atom. The number of anilines is 2. The Hall–Kier alpha value is -1.81. The molecule has 1 aromatic heterocycles. The summed E-state index contributed by atoms with van der Waals surface area (Å²) in [6.07, 6.45) is 2.76. The van der Waals surface area contributed by atoms with Crippen molar-refractivity contribution >= 4 is 11.7 Å². The SMILES string of the molecule is CCc1ccc(N(C)c2nc(CNC(C)(C)C)co2)cc1. The van der Waals surface area contributed by atoms with Crippen molar-refractivity contribution in [2.24, 2.45) is 0 Å². The van der Waals surface area contributed by atoms with Gasteiger partial charge in [-0.2, -0.15) is 4.98 Å². The van der Waals surface area contributed by atoms with Crippen LogP contribution < -0.4 is 10.2 Å². The zero-order valence-electron chi connectivity index (χ0n) is 13.6. The van der Waals surface area contributed by atoms with Gasteiger partial charge in [-0.1, -0.05) is 19.1 Å². The molecule has 0 spiro atoms. The maximum absolute atomic E-state index is 5.58. The topological polar surface area (TPSA) is 41.3 Å². The largest absolute Gasteiger partial charge is 0.431 e. The first-order valence-corrected chi connectivity index (χ1v) is 7.41. The second kappa shape index (κ2) is 6.31. The van der Waals surface area contributed by atoms with Crippen molar-refractivity contribution < 1.29 is 4.42 Å². The fourth-order valence-electron chi connectivity index (χ4n) is 1.95. The first kappa shape index (κ1) is 15.6. The average molecular weight is 287 g/mol. The highest BCUT2D eigenvalue weighted by molar-refractivity contribution is 5.55. The van der Waals surface area contributed by atoms with E-state index < -0.39 is 0 Å². The van der Waals surface area contributed by atoms with Gasteiger partial charge in [-0.05, 0) is 44.9 Å². The number of hydrogen-bond donors (Lipinski definition) is 1. The van der Waals surface area contributed by atoms with Gasteiger partial charge in [-0.15, -0.1) is 0 Å². The lowest BCUT2D eigenvalue weighted by atomic mass is 10.1. The summed E-state index contributed by atoms with van der Waals surface area (Å²) in [4.78, 5) is 6.49. The average Bonchev–Trinajstić information content (AvgIpc) is 2.93. The molecule has 21 heavy (non-hydrogen) atoms. The third-order valence-electron chi connectivity index (χ3n) is 3.36. The highest BCUT2D eigenvalue weighted by Gasteiger charge is 2.13. The minimum atomic E-state index is 0.0704. The van der Waals surface area contributed by atoms with E-state index in [0.29, 0.717) is 12.6 Å². The van der Waals surface area contributed by atoms with Gasteiger partial charge in [-0.25, -0.2) is 0 Å². The third-order valence-corrected chi connectivity index (χ3v) is 3.36. The molecule has 2 aromatic rings. The summed E-state index contributed by atoms with van der Waals surface area (Å²) in [7, 11) is 1.97. The van der Waals surface area contributed by atoms with E-state index in [9.17, 15) is 0 Å². The predicted molar refractivity (Wildman–Crippen MR) is 87.0 cm³/mol. The molecule has 0 aliphatic rings. The molecule has 0 saturated carbocycles. The van der Waals surface area contributed by atoms with E-state index in [0.717, 1.165) is 17.8 Å². The zero-order valence-corrected chi connectivity index (χ0v) is 13.6. The Morgan fingerprint density at radius 2 is 1.86 bits per heavy atom. The summed E-state index contributed by atoms with van der Waals surface area (Å²) in [5.41, 5.74) is 3.39. The molecule has 0 amide bonds. The highest BCUT2D eigenvalue weighted by atomic mass is 16.4. The standard InChI is InChI=1S/C17H25N3O/c1-6-13-7-9-15(10-8-13)20(5)16-19-14(12-21-16)11-18-17(2,3)4/h7-10,12,18H,6,11H2,1-5H3. The van der Waals surface area contributed by atoms with Crippen LogP contribution in [0.5, 0.6) is 0 Å². The van der Waals surface area contributed by atoms with Crippen LogP contribution in [0.15, 0.2) is 34.9 Å². The van der Waals surface area contributed by atoms with Gasteiger partial charge in [0.1, 0.15) is 6.26 Å². The van der Waals surface area contributed by atoms with Gasteiger partial charge in [-0.3, -0.25) is 4.90 Å². The number of rotatable bonds is 5. The summed E-state index contributed by atoms with van der Waals surface area (Å²) < 4.78 is 5.58. The van der Waals surface area contributed by atoms with Crippen LogP contribution in [0.2, 0.25) is 0 Å². The summed E-state index contributed by atoms with van der Waals surface area (Å²) in [6, 6.07) is 9.07. The van der Waals surface area contributed by atoms with Crippen LogP contribution in [0.1, 0.15) is 39.0 Å². The first-order valence-electron chi connectivity index (χ1n) is 7.41. The molecule has 0 atom stereocenters. The number of oxazole rings is 1. The van der Waals surface area contributed by atoms with E-state index in [-0.39, 0.29) is 5.54 Å². The summed E-state index contributed by atoms with van der Waals surface area (Å²) in [5.74, 6) is 0. The molecule has 4 heteroatoms. The summed E-state index contributed by atoms with van der Waals surface area (Å²) >= 11 is 0. The van der Waals surface area contributed by atoms with E-state index in [4.69, 9.17) is 4.42 Å². The lowest BCUT2D eigenvalue weighted by Gasteiger charge is -2.19. The number of nitrogens with one attached hydrogen (secondary N) is 1. The fraction of sp³-hybridized carbons (Fsp3) is 0.471. The van der Waals surface area contributed by atoms with E-state index in [1.165, 1.54) is 5.56 Å². The van der Waals surface area contributed by atoms with Crippen LogP contribution >= 0.6 is 0 Å². The molecule has 4 nitrogen and oxygen atoms in total. The highest BCUT2D eigenvalue weighted by Crippen LogP contribution is 2.23. The Labute approximate surface area is 127 Å². The van der Waals surface area contributed by atoms with Gasteiger partial charge in [0.15, 0.2) is 0 Å². The molecular formula is C17H25N3O. The van der Waals surface area contributed by atoms with E-state index in [2.05, 4.69) is 62.3 Å². The molecule has 114 valence electrons. The van der Waals surface area contributed by atoms with Crippen molar-refractivity contribution in [1.29, 1.82) is 0 Å². The van der Waals surface area contributed by atoms with Crippen molar-refractivity contribution in [2.75, 3.05) is 11.9 Å². The molecule has 0 unspecified atom stereocenters. The summed E-state index contributed by atoms with van der Waals surface area (Å²) in [6.45, 7) is 9.26. The Morgan fingerprint density at radius 1 is 1.19 bits per heavy atom. The van der Waals surface area contributed by atoms with Gasteiger partial charge in [0.2, 0.25) is 0 Å². The zero-order chi connectivity index (χ0) is 15.5. The monoisotopic (exact) mass is 287 g/mol. The maximum atomic E-state index is 5.58. The van der Waals surface area contributed by atoms with Crippen molar-refractivity contribution in [1.82, 2.24) is 10.3 Å². The lowest BCUT2D eigenvalue weighted by Crippen LogP contribution is -2.35. The number of hydrogen-bond acceptors (Lipinski definition) is 4. The Kier molecular flexibility index (Phi) is 4.68. The number of aryl methyl sites for hydroxylation is 1. The number of benzene rings is 1. The van der Waals surface area contributed by atoms with Gasteiger partial charge in [0.25, 0.3) is 0 Å². The third kappa shape index (κ3) is 4.33. The molecule has 0 bridgehead atoms. The van der Waals surface area contributed by atoms with Gasteiger partial charge in [0, 0.05) is 24.8 Å². The molecule has 0 aliphatic heterocycles. The van der Waals surface area contributed by atoms with Crippen LogP contribution in [0.25, 0.3) is 0 Å². The minimum Gasteiger partial charge on any atom is -0.431 e. The number of nitrogens with zero attached hydrogens (tertiary/aromatic N) is 2. The van der Waals surface area contributed by atoms with Gasteiger partial charge in [0.05, 0.1) is 5.69 Å². The van der Waals surface area contributed by atoms with E-state index >= 15 is 0 Å². The smallest absolute Gasteiger partial charge is 0.301 e. The lowest BCUT2D eigenvalue weighted by molar-refractivity contribution is 0.421. The van der Waals surface area contributed by atoms with Gasteiger partial charge >= 0.3 is 6.01 Å². The Balaban J connectivity index is 2.05. The second-order valence-corrected chi connectivity index (χ2v) is 6.30. The molecule has 0 saturated heterocycles.